The van der Waals surface area contributed by atoms with Gasteiger partial charge in [-0.25, -0.2) is 39.0 Å². The van der Waals surface area contributed by atoms with E-state index in [0.29, 0.717) is 11.3 Å². The molecule has 22 heteroatoms. The molecule has 2 saturated carbocycles. The van der Waals surface area contributed by atoms with Gasteiger partial charge in [0.25, 0.3) is 0 Å². The largest absolute Gasteiger partial charge is 0.472 e. The molecule has 7 rings (SSSR count). The number of aliphatic hydroxyl groups excluding tert-OH is 2. The molecule has 10 unspecified atom stereocenters. The van der Waals surface area contributed by atoms with Crippen LogP contribution in [0.3, 0.4) is 0 Å². The fourth-order valence-electron chi connectivity index (χ4n) is 6.32. The summed E-state index contributed by atoms with van der Waals surface area (Å²) < 4.78 is 51.0. The first-order valence-electron chi connectivity index (χ1n) is 13.5. The molecule has 20 nitrogen and oxygen atoms in total. The Morgan fingerprint density at radius 1 is 0.705 bits per heavy atom. The number of phosphoric acid groups is 2. The van der Waals surface area contributed by atoms with Crippen molar-refractivity contribution in [1.82, 2.24) is 39.0 Å². The van der Waals surface area contributed by atoms with Crippen LogP contribution in [0.1, 0.15) is 24.9 Å². The molecule has 10 atom stereocenters. The van der Waals surface area contributed by atoms with Gasteiger partial charge in [-0.1, -0.05) is 0 Å². The third kappa shape index (κ3) is 5.06. The van der Waals surface area contributed by atoms with Gasteiger partial charge in [0.05, 0.1) is 38.0 Å². The minimum atomic E-state index is -4.84. The lowest BCUT2D eigenvalue weighted by Gasteiger charge is -2.29. The molecule has 1 saturated heterocycles. The molecule has 0 aromatic carbocycles. The molecule has 3 fully saturated rings. The summed E-state index contributed by atoms with van der Waals surface area (Å²) in [5.74, 6) is -1.54. The first-order valence-corrected chi connectivity index (χ1v) is 16.4. The van der Waals surface area contributed by atoms with E-state index < -0.39 is 77.2 Å². The summed E-state index contributed by atoms with van der Waals surface area (Å²) >= 11 is 0. The highest BCUT2D eigenvalue weighted by atomic mass is 31.2. The Kier molecular flexibility index (Phi) is 7.21. The summed E-state index contributed by atoms with van der Waals surface area (Å²) in [6.45, 7) is -1.04. The summed E-state index contributed by atoms with van der Waals surface area (Å²) in [6.07, 6.45) is -0.247. The topological polar surface area (TPSA) is 291 Å². The second-order valence-corrected chi connectivity index (χ2v) is 13.8. The molecule has 4 aromatic rings. The molecular formula is C22H28N10O10P2. The predicted molar refractivity (Wildman–Crippen MR) is 147 cm³/mol. The number of aliphatic hydroxyl groups is 2. The Morgan fingerprint density at radius 3 is 1.52 bits per heavy atom. The van der Waals surface area contributed by atoms with Crippen LogP contribution in [-0.2, 0) is 27.2 Å². The Bertz CT molecular complexity index is 1690. The molecule has 0 radical (unpaired) electrons. The van der Waals surface area contributed by atoms with Crippen LogP contribution in [0.4, 0.5) is 11.6 Å². The number of rotatable bonds is 2. The molecule has 4 aromatic heterocycles. The molecular weight excluding hydrogens is 626 g/mol. The van der Waals surface area contributed by atoms with Crippen LogP contribution in [-0.4, -0.2) is 96.7 Å². The molecule has 3 aliphatic rings. The van der Waals surface area contributed by atoms with Gasteiger partial charge in [0.1, 0.15) is 48.1 Å². The first-order chi connectivity index (χ1) is 20.9. The fourth-order valence-corrected chi connectivity index (χ4v) is 8.41. The number of phosphoric ester groups is 2. The van der Waals surface area contributed by atoms with E-state index in [2.05, 4.69) is 29.9 Å². The molecule has 0 bridgehead atoms. The van der Waals surface area contributed by atoms with Crippen molar-refractivity contribution in [3.63, 3.8) is 0 Å². The number of anilines is 2. The van der Waals surface area contributed by atoms with E-state index in [4.69, 9.17) is 29.6 Å². The fraction of sp³-hybridized carbons (Fsp3) is 0.545. The highest BCUT2D eigenvalue weighted by Gasteiger charge is 2.52. The van der Waals surface area contributed by atoms with Crippen molar-refractivity contribution in [3.05, 3.63) is 25.3 Å². The lowest BCUT2D eigenvalue weighted by atomic mass is 10.1. The Labute approximate surface area is 247 Å². The van der Waals surface area contributed by atoms with E-state index in [1.807, 2.05) is 0 Å². The van der Waals surface area contributed by atoms with Crippen molar-refractivity contribution >= 4 is 49.6 Å². The summed E-state index contributed by atoms with van der Waals surface area (Å²) in [5, 5.41) is 22.5. The molecule has 44 heavy (non-hydrogen) atoms. The van der Waals surface area contributed by atoms with E-state index >= 15 is 0 Å². The van der Waals surface area contributed by atoms with E-state index in [1.165, 1.54) is 34.4 Å². The quantitative estimate of drug-likeness (QED) is 0.151. The Morgan fingerprint density at radius 2 is 1.11 bits per heavy atom. The molecule has 5 heterocycles. The molecule has 8 N–H and O–H groups in total. The number of nitrogens with two attached hydrogens (primary N) is 2. The van der Waals surface area contributed by atoms with E-state index in [1.54, 1.807) is 0 Å². The summed E-state index contributed by atoms with van der Waals surface area (Å²) in [5.41, 5.74) is 12.9. The number of aromatic nitrogens is 8. The lowest BCUT2D eigenvalue weighted by molar-refractivity contribution is -0.0375. The summed E-state index contributed by atoms with van der Waals surface area (Å²) in [7, 11) is -9.69. The third-order valence-electron chi connectivity index (χ3n) is 8.38. The Balaban J connectivity index is 1.17. The van der Waals surface area contributed by atoms with Crippen molar-refractivity contribution in [2.24, 2.45) is 11.8 Å². The maximum Gasteiger partial charge on any atom is 0.472 e. The number of fused-ring (bicyclic) bond motifs is 4. The molecule has 1 aliphatic heterocycles. The highest BCUT2D eigenvalue weighted by molar-refractivity contribution is 7.47. The highest BCUT2D eigenvalue weighted by Crippen LogP contribution is 2.56. The smallest absolute Gasteiger partial charge is 0.388 e. The maximum atomic E-state index is 13.2. The van der Waals surface area contributed by atoms with Gasteiger partial charge in [0.15, 0.2) is 22.9 Å². The van der Waals surface area contributed by atoms with E-state index in [-0.39, 0.29) is 35.5 Å². The van der Waals surface area contributed by atoms with Gasteiger partial charge in [0.2, 0.25) is 0 Å². The number of hydrogen-bond donors (Lipinski definition) is 6. The average Bonchev–Trinajstić information content (AvgIpc) is 3.73. The minimum Gasteiger partial charge on any atom is -0.388 e. The van der Waals surface area contributed by atoms with Crippen LogP contribution in [0, 0.1) is 11.8 Å². The Hall–Kier alpha value is -3.16. The molecule has 2 aliphatic carbocycles. The molecule has 236 valence electrons. The molecule has 0 amide bonds. The zero-order valence-corrected chi connectivity index (χ0v) is 24.4. The van der Waals surface area contributed by atoms with Crippen LogP contribution < -0.4 is 11.5 Å². The second kappa shape index (κ2) is 10.7. The van der Waals surface area contributed by atoms with Gasteiger partial charge in [-0.15, -0.1) is 0 Å². The zero-order chi connectivity index (χ0) is 31.0. The van der Waals surface area contributed by atoms with Crippen LogP contribution in [0.15, 0.2) is 25.3 Å². The number of nitrogens with zero attached hydrogens (tertiary/aromatic N) is 8. The monoisotopic (exact) mass is 654 g/mol. The van der Waals surface area contributed by atoms with Gasteiger partial charge in [-0.3, -0.25) is 18.1 Å². The van der Waals surface area contributed by atoms with Gasteiger partial charge < -0.3 is 40.6 Å². The second-order valence-electron chi connectivity index (χ2n) is 10.9. The van der Waals surface area contributed by atoms with Gasteiger partial charge in [-0.2, -0.15) is 0 Å². The minimum absolute atomic E-state index is 0.0522. The van der Waals surface area contributed by atoms with Crippen molar-refractivity contribution < 1.29 is 47.2 Å². The van der Waals surface area contributed by atoms with Crippen LogP contribution in [0.5, 0.6) is 0 Å². The van der Waals surface area contributed by atoms with Crippen molar-refractivity contribution in [3.8, 4) is 0 Å². The zero-order valence-electron chi connectivity index (χ0n) is 22.6. The van der Waals surface area contributed by atoms with Crippen LogP contribution >= 0.6 is 15.6 Å². The van der Waals surface area contributed by atoms with Crippen LogP contribution in [0.2, 0.25) is 0 Å². The maximum absolute atomic E-state index is 13.2. The number of nitrogen functional groups attached to an aromatic ring is 2. The first kappa shape index (κ1) is 29.5. The van der Waals surface area contributed by atoms with Crippen LogP contribution in [0.25, 0.3) is 22.3 Å². The van der Waals surface area contributed by atoms with Crippen molar-refractivity contribution in [2.75, 3.05) is 24.7 Å². The predicted octanol–water partition coefficient (Wildman–Crippen LogP) is -0.308. The number of imidazole rings is 2. The standard InChI is InChI=1S/C22H28N10O10P2/c23-19-13-21(27-5-25-19)31(7-29-13)11-1-9-3-39-43(35,36)42-18-10(4-40-44(37,38)41-17(9)15(11)33)2-12(16(18)34)32-8-30-14-20(24)26-6-28-22(14)32/h5-12,15-18,33-34H,1-4H2,(H,35,36)(H,37,38)(H2,23,25,27)(H2,24,26,28). The van der Waals surface area contributed by atoms with Gasteiger partial charge >= 0.3 is 15.6 Å². The van der Waals surface area contributed by atoms with Crippen molar-refractivity contribution in [1.29, 1.82) is 0 Å². The third-order valence-corrected chi connectivity index (χ3v) is 10.4. The summed E-state index contributed by atoms with van der Waals surface area (Å²) in [4.78, 5) is 46.0. The van der Waals surface area contributed by atoms with E-state index in [0.717, 1.165) is 0 Å². The van der Waals surface area contributed by atoms with Gasteiger partial charge in [-0.05, 0) is 12.8 Å². The lowest BCUT2D eigenvalue weighted by Crippen LogP contribution is -2.35. The van der Waals surface area contributed by atoms with Gasteiger partial charge in [0, 0.05) is 11.8 Å². The SMILES string of the molecule is Nc1ncnc2c1ncn2C1CC2COP(=O)(O)OC3C(COP(=O)(O)OC2C1O)CC(n1cnc2c(N)ncnc21)C3O. The summed E-state index contributed by atoms with van der Waals surface area (Å²) in [6, 6.07) is -1.61. The normalized spacial score (nSPS) is 38.3. The number of hydrogen-bond acceptors (Lipinski definition) is 16. The average molecular weight is 654 g/mol. The molecule has 0 spiro atoms. The van der Waals surface area contributed by atoms with Crippen molar-refractivity contribution in [2.45, 2.75) is 49.3 Å². The van der Waals surface area contributed by atoms with E-state index in [9.17, 15) is 29.1 Å².